The van der Waals surface area contributed by atoms with E-state index in [2.05, 4.69) is 30.3 Å². The largest absolute Gasteiger partial charge is 0.0843 e. The molecule has 3 rings (SSSR count). The van der Waals surface area contributed by atoms with Crippen molar-refractivity contribution in [2.45, 2.75) is 0 Å². The van der Waals surface area contributed by atoms with Crippen molar-refractivity contribution in [2.75, 3.05) is 0 Å². The molecular weight excluding hydrogens is 311 g/mol. The van der Waals surface area contributed by atoms with E-state index in [1.807, 2.05) is 48.5 Å². The molecule has 0 amide bonds. The van der Waals surface area contributed by atoms with Gasteiger partial charge in [0.2, 0.25) is 0 Å². The maximum absolute atomic E-state index is 6.41. The van der Waals surface area contributed by atoms with Gasteiger partial charge in [0.1, 0.15) is 0 Å². The molecule has 0 aliphatic rings. The highest BCUT2D eigenvalue weighted by Gasteiger charge is 2.10. The molecule has 108 valence electrons. The van der Waals surface area contributed by atoms with E-state index in [0.29, 0.717) is 10.0 Å². The fourth-order valence-corrected chi connectivity index (χ4v) is 2.75. The van der Waals surface area contributed by atoms with E-state index in [1.54, 1.807) is 6.07 Å². The summed E-state index contributed by atoms with van der Waals surface area (Å²) in [5, 5.41) is 1.37. The Morgan fingerprint density at radius 2 is 1.36 bits per heavy atom. The third-order valence-corrected chi connectivity index (χ3v) is 3.98. The Hall–Kier alpha value is -2.02. The molecule has 3 aromatic rings. The molecule has 0 bridgehead atoms. The fourth-order valence-electron chi connectivity index (χ4n) is 2.35. The monoisotopic (exact) mass is 324 g/mol. The Kier molecular flexibility index (Phi) is 4.62. The Bertz CT molecular complexity index is 790. The molecule has 3 aromatic carbocycles. The van der Waals surface area contributed by atoms with Gasteiger partial charge in [-0.3, -0.25) is 0 Å². The molecule has 0 aliphatic carbocycles. The number of hydrogen-bond acceptors (Lipinski definition) is 0. The molecule has 0 N–H and O–H groups in total. The second-order valence-corrected chi connectivity index (χ2v) is 5.80. The summed E-state index contributed by atoms with van der Waals surface area (Å²) in [7, 11) is 0. The zero-order valence-electron chi connectivity index (χ0n) is 11.8. The maximum atomic E-state index is 6.41. The van der Waals surface area contributed by atoms with Crippen LogP contribution in [-0.4, -0.2) is 0 Å². The van der Waals surface area contributed by atoms with E-state index in [4.69, 9.17) is 23.2 Å². The van der Waals surface area contributed by atoms with E-state index >= 15 is 0 Å². The predicted molar refractivity (Wildman–Crippen MR) is 96.3 cm³/mol. The van der Waals surface area contributed by atoms with Crippen molar-refractivity contribution in [3.8, 4) is 0 Å². The fraction of sp³-hybridized carbons (Fsp3) is 0. The van der Waals surface area contributed by atoms with Gasteiger partial charge in [-0.15, -0.1) is 0 Å². The maximum Gasteiger partial charge on any atom is 0.0485 e. The number of benzene rings is 3. The number of halogens is 2. The molecule has 0 nitrogen and oxygen atoms in total. The Balaban J connectivity index is 2.20. The predicted octanol–water partition coefficient (Wildman–Crippen LogP) is 6.58. The Labute approximate surface area is 140 Å². The zero-order chi connectivity index (χ0) is 15.4. The summed E-state index contributed by atoms with van der Waals surface area (Å²) in [5.41, 5.74) is 4.22. The summed E-state index contributed by atoms with van der Waals surface area (Å²) >= 11 is 12.6. The van der Waals surface area contributed by atoms with Crippen molar-refractivity contribution in [2.24, 2.45) is 0 Å². The summed E-state index contributed by atoms with van der Waals surface area (Å²) < 4.78 is 0. The molecule has 22 heavy (non-hydrogen) atoms. The molecule has 0 aromatic heterocycles. The van der Waals surface area contributed by atoms with Gasteiger partial charge < -0.3 is 0 Å². The van der Waals surface area contributed by atoms with Gasteiger partial charge in [-0.25, -0.2) is 0 Å². The summed E-state index contributed by atoms with van der Waals surface area (Å²) in [5.74, 6) is 0. The van der Waals surface area contributed by atoms with Gasteiger partial charge >= 0.3 is 0 Å². The molecule has 2 heteroatoms. The van der Waals surface area contributed by atoms with Crippen molar-refractivity contribution in [3.05, 3.63) is 106 Å². The van der Waals surface area contributed by atoms with Gasteiger partial charge in [0.25, 0.3) is 0 Å². The van der Waals surface area contributed by atoms with Gasteiger partial charge in [-0.05, 0) is 41.0 Å². The number of hydrogen-bond donors (Lipinski definition) is 0. The van der Waals surface area contributed by atoms with Crippen LogP contribution in [0.3, 0.4) is 0 Å². The third kappa shape index (κ3) is 3.41. The van der Waals surface area contributed by atoms with Gasteiger partial charge in [-0.1, -0.05) is 83.9 Å². The highest BCUT2D eigenvalue weighted by molar-refractivity contribution is 6.34. The molecule has 0 aliphatic heterocycles. The van der Waals surface area contributed by atoms with Crippen LogP contribution >= 0.6 is 23.2 Å². The van der Waals surface area contributed by atoms with Crippen molar-refractivity contribution in [1.82, 2.24) is 0 Å². The molecule has 0 spiro atoms. The SMILES string of the molecule is Clc1ccc(Cl)c(/C(=C/c2ccccc2)c2ccccc2)c1. The quantitative estimate of drug-likeness (QED) is 0.477. The highest BCUT2D eigenvalue weighted by atomic mass is 35.5. The van der Waals surface area contributed by atoms with Crippen molar-refractivity contribution in [1.29, 1.82) is 0 Å². The lowest BCUT2D eigenvalue weighted by molar-refractivity contribution is 1.55. The van der Waals surface area contributed by atoms with Crippen molar-refractivity contribution >= 4 is 34.9 Å². The summed E-state index contributed by atoms with van der Waals surface area (Å²) in [4.78, 5) is 0. The second kappa shape index (κ2) is 6.83. The normalized spacial score (nSPS) is 11.5. The average molecular weight is 325 g/mol. The molecule has 0 saturated carbocycles. The van der Waals surface area contributed by atoms with Gasteiger partial charge in [0.05, 0.1) is 0 Å². The van der Waals surface area contributed by atoms with E-state index in [0.717, 1.165) is 22.3 Å². The van der Waals surface area contributed by atoms with Crippen LogP contribution in [0, 0.1) is 0 Å². The Morgan fingerprint density at radius 1 is 0.727 bits per heavy atom. The van der Waals surface area contributed by atoms with E-state index in [1.165, 1.54) is 0 Å². The smallest absolute Gasteiger partial charge is 0.0485 e. The van der Waals surface area contributed by atoms with Gasteiger partial charge in [0.15, 0.2) is 0 Å². The minimum atomic E-state index is 0.675. The first-order chi connectivity index (χ1) is 10.7. The van der Waals surface area contributed by atoms with Crippen molar-refractivity contribution in [3.63, 3.8) is 0 Å². The molecule has 0 fully saturated rings. The van der Waals surface area contributed by atoms with Crippen LogP contribution in [0.15, 0.2) is 78.9 Å². The van der Waals surface area contributed by atoms with E-state index in [-0.39, 0.29) is 0 Å². The molecular formula is C20H14Cl2. The van der Waals surface area contributed by atoms with Crippen LogP contribution < -0.4 is 0 Å². The zero-order valence-corrected chi connectivity index (χ0v) is 13.4. The Morgan fingerprint density at radius 3 is 2.05 bits per heavy atom. The van der Waals surface area contributed by atoms with E-state index in [9.17, 15) is 0 Å². The van der Waals surface area contributed by atoms with Crippen LogP contribution in [-0.2, 0) is 0 Å². The van der Waals surface area contributed by atoms with Crippen LogP contribution in [0.5, 0.6) is 0 Å². The molecule has 0 heterocycles. The van der Waals surface area contributed by atoms with Crippen molar-refractivity contribution < 1.29 is 0 Å². The number of rotatable bonds is 3. The summed E-state index contributed by atoms with van der Waals surface area (Å²) in [6, 6.07) is 25.9. The lowest BCUT2D eigenvalue weighted by Gasteiger charge is -2.11. The van der Waals surface area contributed by atoms with Crippen LogP contribution in [0.4, 0.5) is 0 Å². The second-order valence-electron chi connectivity index (χ2n) is 4.96. The molecule has 0 saturated heterocycles. The van der Waals surface area contributed by atoms with Crippen LogP contribution in [0.1, 0.15) is 16.7 Å². The molecule has 0 atom stereocenters. The summed E-state index contributed by atoms with van der Waals surface area (Å²) in [6.07, 6.45) is 2.13. The first kappa shape index (κ1) is 14.9. The molecule has 0 unspecified atom stereocenters. The van der Waals surface area contributed by atoms with E-state index < -0.39 is 0 Å². The highest BCUT2D eigenvalue weighted by Crippen LogP contribution is 2.33. The average Bonchev–Trinajstić information content (AvgIpc) is 2.57. The van der Waals surface area contributed by atoms with Crippen LogP contribution in [0.2, 0.25) is 10.0 Å². The van der Waals surface area contributed by atoms with Crippen LogP contribution in [0.25, 0.3) is 11.6 Å². The lowest BCUT2D eigenvalue weighted by Crippen LogP contribution is -1.90. The minimum absolute atomic E-state index is 0.675. The third-order valence-electron chi connectivity index (χ3n) is 3.41. The summed E-state index contributed by atoms with van der Waals surface area (Å²) in [6.45, 7) is 0. The van der Waals surface area contributed by atoms with Gasteiger partial charge in [-0.2, -0.15) is 0 Å². The topological polar surface area (TPSA) is 0 Å². The molecule has 0 radical (unpaired) electrons. The first-order valence-corrected chi connectivity index (χ1v) is 7.77. The van der Waals surface area contributed by atoms with Gasteiger partial charge in [0, 0.05) is 15.6 Å². The standard InChI is InChI=1S/C20H14Cl2/c21-17-11-12-20(22)19(14-17)18(16-9-5-2-6-10-16)13-15-7-3-1-4-8-15/h1-14H/b18-13+. The first-order valence-electron chi connectivity index (χ1n) is 7.01. The lowest BCUT2D eigenvalue weighted by atomic mass is 9.95. The minimum Gasteiger partial charge on any atom is -0.0843 e.